The molecule has 1 N–H and O–H groups in total. The molecule has 0 unspecified atom stereocenters. The molecule has 2 aliphatic rings. The molecular formula is C25H34F3N3O6. The number of benzene rings is 1. The summed E-state index contributed by atoms with van der Waals surface area (Å²) >= 11 is 0. The predicted octanol–water partition coefficient (Wildman–Crippen LogP) is 4.24. The van der Waals surface area contributed by atoms with E-state index in [1.54, 1.807) is 13.8 Å². The zero-order valence-electron chi connectivity index (χ0n) is 21.7. The van der Waals surface area contributed by atoms with Gasteiger partial charge in [-0.15, -0.1) is 0 Å². The van der Waals surface area contributed by atoms with Gasteiger partial charge in [0.25, 0.3) is 11.8 Å². The van der Waals surface area contributed by atoms with E-state index in [-0.39, 0.29) is 24.5 Å². The number of likely N-dealkylation sites (tertiary alicyclic amines) is 1. The Morgan fingerprint density at radius 3 is 2.54 bits per heavy atom. The molecule has 2 aliphatic heterocycles. The lowest BCUT2D eigenvalue weighted by atomic mass is 9.96. The highest BCUT2D eigenvalue weighted by molar-refractivity contribution is 6.05. The molecule has 2 heterocycles. The second-order valence-electron chi connectivity index (χ2n) is 10.1. The number of hydrogen-bond acceptors (Lipinski definition) is 5. The van der Waals surface area contributed by atoms with Gasteiger partial charge in [-0.2, -0.15) is 13.2 Å². The van der Waals surface area contributed by atoms with E-state index in [2.05, 4.69) is 0 Å². The third kappa shape index (κ3) is 5.94. The second kappa shape index (κ2) is 10.8. The van der Waals surface area contributed by atoms with Crippen molar-refractivity contribution in [2.24, 2.45) is 0 Å². The second-order valence-corrected chi connectivity index (χ2v) is 10.1. The number of amides is 3. The summed E-state index contributed by atoms with van der Waals surface area (Å²) in [5, 5.41) is 9.41. The van der Waals surface area contributed by atoms with Crippen molar-refractivity contribution in [3.05, 3.63) is 23.3 Å². The van der Waals surface area contributed by atoms with E-state index in [1.165, 1.54) is 35.7 Å². The molecule has 1 aromatic rings. The van der Waals surface area contributed by atoms with Gasteiger partial charge in [0.1, 0.15) is 5.75 Å². The average Bonchev–Trinajstić information content (AvgIpc) is 2.80. The molecule has 1 aromatic carbocycles. The average molecular weight is 530 g/mol. The Bertz CT molecular complexity index is 1040. The highest BCUT2D eigenvalue weighted by Gasteiger charge is 2.45. The summed E-state index contributed by atoms with van der Waals surface area (Å²) in [4.78, 5) is 42.3. The fourth-order valence-electron chi connectivity index (χ4n) is 4.93. The molecule has 1 fully saturated rings. The lowest BCUT2D eigenvalue weighted by Gasteiger charge is -2.42. The standard InChI is InChI=1S/C25H34F3N3O6/c1-15(2)31(16-8-6-9-29(14-16)23(34)35)21(32)17-12-19-20(13-18(17)25(26,27)28)37-24(3,4)22(33)30(19)10-7-11-36-5/h12-13,15-16H,6-11,14H2,1-5H3,(H,34,35)/t16-/m1/s1. The molecule has 1 atom stereocenters. The number of carboxylic acid groups (broad SMARTS) is 1. The largest absolute Gasteiger partial charge is 0.476 e. The van der Waals surface area contributed by atoms with E-state index < -0.39 is 52.9 Å². The number of anilines is 1. The number of piperidine rings is 1. The van der Waals surface area contributed by atoms with Crippen LogP contribution in [0.3, 0.4) is 0 Å². The molecule has 12 heteroatoms. The number of ether oxygens (including phenoxy) is 2. The Kier molecular flexibility index (Phi) is 8.31. The Hall–Kier alpha value is -3.02. The maximum absolute atomic E-state index is 14.3. The van der Waals surface area contributed by atoms with Crippen LogP contribution in [-0.4, -0.2) is 83.8 Å². The van der Waals surface area contributed by atoms with Crippen molar-refractivity contribution in [3.8, 4) is 5.75 Å². The monoisotopic (exact) mass is 529 g/mol. The van der Waals surface area contributed by atoms with Gasteiger partial charge in [-0.05, 0) is 59.1 Å². The summed E-state index contributed by atoms with van der Waals surface area (Å²) in [7, 11) is 1.50. The van der Waals surface area contributed by atoms with Gasteiger partial charge in [-0.1, -0.05) is 0 Å². The van der Waals surface area contributed by atoms with Gasteiger partial charge in [-0.3, -0.25) is 9.59 Å². The Balaban J connectivity index is 2.12. The Morgan fingerprint density at radius 2 is 1.97 bits per heavy atom. The molecule has 37 heavy (non-hydrogen) atoms. The predicted molar refractivity (Wildman–Crippen MR) is 129 cm³/mol. The van der Waals surface area contributed by atoms with Gasteiger partial charge in [-0.25, -0.2) is 4.79 Å². The van der Waals surface area contributed by atoms with Crippen molar-refractivity contribution in [3.63, 3.8) is 0 Å². The van der Waals surface area contributed by atoms with Crippen molar-refractivity contribution >= 4 is 23.6 Å². The number of fused-ring (bicyclic) bond motifs is 1. The number of carbonyl (C=O) groups is 3. The summed E-state index contributed by atoms with van der Waals surface area (Å²) in [6, 6.07) is 0.762. The first-order valence-electron chi connectivity index (χ1n) is 12.2. The first-order valence-corrected chi connectivity index (χ1v) is 12.2. The van der Waals surface area contributed by atoms with Gasteiger partial charge >= 0.3 is 12.3 Å². The summed E-state index contributed by atoms with van der Waals surface area (Å²) in [5.41, 5.74) is -3.10. The van der Waals surface area contributed by atoms with Crippen LogP contribution >= 0.6 is 0 Å². The number of halogens is 3. The zero-order valence-corrected chi connectivity index (χ0v) is 21.7. The number of nitrogens with zero attached hydrogens (tertiary/aromatic N) is 3. The third-order valence-corrected chi connectivity index (χ3v) is 6.63. The van der Waals surface area contributed by atoms with Crippen molar-refractivity contribution in [2.75, 3.05) is 38.3 Å². The number of methoxy groups -OCH3 is 1. The highest BCUT2D eigenvalue weighted by Crippen LogP contribution is 2.44. The maximum Gasteiger partial charge on any atom is 0.417 e. The minimum atomic E-state index is -4.88. The van der Waals surface area contributed by atoms with Crippen LogP contribution in [-0.2, 0) is 15.7 Å². The molecular weight excluding hydrogens is 495 g/mol. The van der Waals surface area contributed by atoms with Crippen molar-refractivity contribution in [1.29, 1.82) is 0 Å². The van der Waals surface area contributed by atoms with Crippen molar-refractivity contribution < 1.29 is 42.1 Å². The first-order chi connectivity index (χ1) is 17.2. The van der Waals surface area contributed by atoms with E-state index in [0.717, 1.165) is 12.1 Å². The quantitative estimate of drug-likeness (QED) is 0.531. The van der Waals surface area contributed by atoms with Crippen LogP contribution in [0.5, 0.6) is 5.75 Å². The van der Waals surface area contributed by atoms with Gasteiger partial charge in [0.2, 0.25) is 0 Å². The fourth-order valence-corrected chi connectivity index (χ4v) is 4.93. The van der Waals surface area contributed by atoms with Crippen LogP contribution in [0.15, 0.2) is 12.1 Å². The molecule has 0 spiro atoms. The third-order valence-electron chi connectivity index (χ3n) is 6.63. The molecule has 0 radical (unpaired) electrons. The number of rotatable bonds is 7. The molecule has 1 saturated heterocycles. The number of alkyl halides is 3. The highest BCUT2D eigenvalue weighted by atomic mass is 19.4. The van der Waals surface area contributed by atoms with E-state index >= 15 is 0 Å². The SMILES string of the molecule is COCCCN1C(=O)C(C)(C)Oc2cc(C(F)(F)F)c(C(=O)N(C(C)C)[C@@H]3CCCN(C(=O)O)C3)cc21. The lowest BCUT2D eigenvalue weighted by molar-refractivity contribution is -0.138. The van der Waals surface area contributed by atoms with Crippen molar-refractivity contribution in [1.82, 2.24) is 9.80 Å². The van der Waals surface area contributed by atoms with Gasteiger partial charge in [0, 0.05) is 39.4 Å². The molecule has 0 bridgehead atoms. The molecule has 0 aliphatic carbocycles. The summed E-state index contributed by atoms with van der Waals surface area (Å²) in [6.45, 7) is 7.10. The smallest absolute Gasteiger partial charge is 0.417 e. The summed E-state index contributed by atoms with van der Waals surface area (Å²) < 4.78 is 53.5. The zero-order chi connectivity index (χ0) is 27.7. The van der Waals surface area contributed by atoms with Crippen LogP contribution in [0.25, 0.3) is 0 Å². The Morgan fingerprint density at radius 1 is 1.30 bits per heavy atom. The first kappa shape index (κ1) is 28.5. The van der Waals surface area contributed by atoms with Crippen LogP contribution < -0.4 is 9.64 Å². The van der Waals surface area contributed by atoms with Gasteiger partial charge in [0.15, 0.2) is 5.60 Å². The van der Waals surface area contributed by atoms with E-state index in [0.29, 0.717) is 32.4 Å². The maximum atomic E-state index is 14.3. The van der Waals surface area contributed by atoms with E-state index in [1.807, 2.05) is 0 Å². The summed E-state index contributed by atoms with van der Waals surface area (Å²) in [5.74, 6) is -1.47. The Labute approximate surface area is 214 Å². The van der Waals surface area contributed by atoms with E-state index in [4.69, 9.17) is 9.47 Å². The normalized spacial score (nSPS) is 19.5. The molecule has 3 rings (SSSR count). The van der Waals surface area contributed by atoms with Crippen LogP contribution in [0.4, 0.5) is 23.7 Å². The lowest BCUT2D eigenvalue weighted by Crippen LogP contribution is -2.54. The number of carbonyl (C=O) groups excluding carboxylic acids is 2. The molecule has 0 aromatic heterocycles. The molecule has 3 amide bonds. The minimum absolute atomic E-state index is 0.00444. The van der Waals surface area contributed by atoms with E-state index in [9.17, 15) is 32.7 Å². The minimum Gasteiger partial charge on any atom is -0.476 e. The summed E-state index contributed by atoms with van der Waals surface area (Å²) in [6.07, 6.45) is -4.66. The van der Waals surface area contributed by atoms with Gasteiger partial charge in [0.05, 0.1) is 22.9 Å². The molecule has 0 saturated carbocycles. The van der Waals surface area contributed by atoms with Crippen LogP contribution in [0.2, 0.25) is 0 Å². The van der Waals surface area contributed by atoms with Gasteiger partial charge < -0.3 is 29.3 Å². The number of hydrogen-bond donors (Lipinski definition) is 1. The van der Waals surface area contributed by atoms with Crippen molar-refractivity contribution in [2.45, 2.75) is 70.8 Å². The molecule has 206 valence electrons. The van der Waals surface area contributed by atoms with Crippen LogP contribution in [0.1, 0.15) is 62.9 Å². The fraction of sp³-hybridized carbons (Fsp3) is 0.640. The van der Waals surface area contributed by atoms with Crippen LogP contribution in [0, 0.1) is 0 Å². The topological polar surface area (TPSA) is 99.6 Å². The molecule has 9 nitrogen and oxygen atoms in total.